The van der Waals surface area contributed by atoms with Crippen molar-refractivity contribution >= 4 is 17.3 Å². The molecule has 0 radical (unpaired) electrons. The van der Waals surface area contributed by atoms with Gasteiger partial charge in [0.2, 0.25) is 0 Å². The molecule has 1 nitrogen and oxygen atoms in total. The largest absolute Gasteiger partial charge is 0.382 e. The molecule has 0 saturated heterocycles. The first-order chi connectivity index (χ1) is 5.68. The Balaban J connectivity index is 2.54. The highest BCUT2D eigenvalue weighted by Gasteiger charge is 2.20. The third-order valence-electron chi connectivity index (χ3n) is 2.11. The van der Waals surface area contributed by atoms with Gasteiger partial charge in [0.15, 0.2) is 0 Å². The third kappa shape index (κ3) is 1.07. The fourth-order valence-corrected chi connectivity index (χ4v) is 1.79. The topological polar surface area (TPSA) is 12.0 Å². The predicted octanol–water partition coefficient (Wildman–Crippen LogP) is 2.84. The number of anilines is 1. The third-order valence-corrected chi connectivity index (χ3v) is 2.52. The van der Waals surface area contributed by atoms with Crippen molar-refractivity contribution in [3.05, 3.63) is 28.5 Å². The number of benzene rings is 1. The monoisotopic (exact) mass is 185 g/mol. The molecule has 0 bridgehead atoms. The predicted molar refractivity (Wildman–Crippen MR) is 48.2 cm³/mol. The molecular weight excluding hydrogens is 177 g/mol. The highest BCUT2D eigenvalue weighted by molar-refractivity contribution is 6.32. The van der Waals surface area contributed by atoms with Crippen molar-refractivity contribution in [2.45, 2.75) is 19.4 Å². The molecular formula is C9H9ClFN. The van der Waals surface area contributed by atoms with Crippen LogP contribution >= 0.6 is 11.6 Å². The van der Waals surface area contributed by atoms with E-state index in [1.165, 1.54) is 6.07 Å². The average molecular weight is 186 g/mol. The van der Waals surface area contributed by atoms with E-state index in [1.54, 1.807) is 6.07 Å². The summed E-state index contributed by atoms with van der Waals surface area (Å²) in [6.45, 7) is 2.05. The normalized spacial score (nSPS) is 20.4. The molecule has 1 atom stereocenters. The second kappa shape index (κ2) is 2.63. The van der Waals surface area contributed by atoms with Gasteiger partial charge in [-0.05, 0) is 31.0 Å². The highest BCUT2D eigenvalue weighted by Crippen LogP contribution is 2.33. The summed E-state index contributed by atoms with van der Waals surface area (Å²) in [6.07, 6.45) is 0.811. The van der Waals surface area contributed by atoms with E-state index in [4.69, 9.17) is 11.6 Å². The first-order valence-electron chi connectivity index (χ1n) is 3.92. The molecule has 1 aromatic rings. The molecule has 0 saturated carbocycles. The van der Waals surface area contributed by atoms with E-state index >= 15 is 0 Å². The Bertz CT molecular complexity index is 325. The Kier molecular flexibility index (Phi) is 1.72. The van der Waals surface area contributed by atoms with Crippen molar-refractivity contribution in [1.82, 2.24) is 0 Å². The molecule has 0 amide bonds. The zero-order valence-electron chi connectivity index (χ0n) is 6.70. The minimum absolute atomic E-state index is 0.268. The van der Waals surface area contributed by atoms with E-state index in [0.29, 0.717) is 6.04 Å². The molecule has 3 heteroatoms. The smallest absolute Gasteiger partial charge is 0.142 e. The van der Waals surface area contributed by atoms with Crippen LogP contribution in [-0.2, 0) is 6.42 Å². The van der Waals surface area contributed by atoms with Crippen molar-refractivity contribution in [3.63, 3.8) is 0 Å². The van der Waals surface area contributed by atoms with Gasteiger partial charge in [-0.3, -0.25) is 0 Å². The van der Waals surface area contributed by atoms with Crippen molar-refractivity contribution in [2.24, 2.45) is 0 Å². The molecule has 64 valence electrons. The van der Waals surface area contributed by atoms with Crippen LogP contribution in [-0.4, -0.2) is 6.04 Å². The molecule has 0 fully saturated rings. The summed E-state index contributed by atoms with van der Waals surface area (Å²) in [5, 5.41) is 3.48. The average Bonchev–Trinajstić information content (AvgIpc) is 2.39. The summed E-state index contributed by atoms with van der Waals surface area (Å²) in [6, 6.07) is 3.49. The van der Waals surface area contributed by atoms with Gasteiger partial charge >= 0.3 is 0 Å². The molecule has 0 spiro atoms. The number of halogens is 2. The Morgan fingerprint density at radius 1 is 1.58 bits per heavy atom. The van der Waals surface area contributed by atoms with E-state index in [-0.39, 0.29) is 10.8 Å². The lowest BCUT2D eigenvalue weighted by atomic mass is 10.1. The molecule has 0 aliphatic carbocycles. The Hall–Kier alpha value is -0.760. The molecule has 12 heavy (non-hydrogen) atoms. The van der Waals surface area contributed by atoms with Gasteiger partial charge in [-0.15, -0.1) is 0 Å². The van der Waals surface area contributed by atoms with Crippen LogP contribution in [0.15, 0.2) is 12.1 Å². The van der Waals surface area contributed by atoms with Crippen LogP contribution in [0, 0.1) is 5.82 Å². The fourth-order valence-electron chi connectivity index (χ4n) is 1.55. The van der Waals surface area contributed by atoms with Crippen LogP contribution in [0.25, 0.3) is 0 Å². The van der Waals surface area contributed by atoms with E-state index in [9.17, 15) is 4.39 Å². The quantitative estimate of drug-likeness (QED) is 0.656. The number of fused-ring (bicyclic) bond motifs is 1. The van der Waals surface area contributed by atoms with E-state index in [1.807, 2.05) is 6.92 Å². The standard InChI is InChI=1S/C9H9ClFN/c1-5-4-6-8(12-5)3-2-7(11)9(6)10/h2-3,5,12H,4H2,1H3/t5-/m1/s1. The van der Waals surface area contributed by atoms with Gasteiger partial charge in [0.05, 0.1) is 5.02 Å². The first kappa shape index (κ1) is 7.87. The van der Waals surface area contributed by atoms with Crippen LogP contribution in [0.2, 0.25) is 5.02 Å². The number of nitrogens with one attached hydrogen (secondary N) is 1. The minimum Gasteiger partial charge on any atom is -0.382 e. The van der Waals surface area contributed by atoms with Gasteiger partial charge in [-0.25, -0.2) is 4.39 Å². The summed E-state index contributed by atoms with van der Waals surface area (Å²) in [7, 11) is 0. The zero-order valence-corrected chi connectivity index (χ0v) is 7.45. The SMILES string of the molecule is C[C@@H]1Cc2c(ccc(F)c2Cl)N1. The molecule has 1 aliphatic rings. The summed E-state index contributed by atoms with van der Waals surface area (Å²) < 4.78 is 12.9. The highest BCUT2D eigenvalue weighted by atomic mass is 35.5. The van der Waals surface area contributed by atoms with Crippen molar-refractivity contribution in [2.75, 3.05) is 5.32 Å². The van der Waals surface area contributed by atoms with Crippen molar-refractivity contribution < 1.29 is 4.39 Å². The first-order valence-corrected chi connectivity index (χ1v) is 4.29. The van der Waals surface area contributed by atoms with Crippen LogP contribution < -0.4 is 5.32 Å². The minimum atomic E-state index is -0.327. The van der Waals surface area contributed by atoms with Gasteiger partial charge in [0.1, 0.15) is 5.82 Å². The number of hydrogen-bond donors (Lipinski definition) is 1. The van der Waals surface area contributed by atoms with E-state index in [2.05, 4.69) is 5.32 Å². The van der Waals surface area contributed by atoms with Crippen LogP contribution in [0.4, 0.5) is 10.1 Å². The summed E-state index contributed by atoms with van der Waals surface area (Å²) in [5.74, 6) is -0.327. The zero-order chi connectivity index (χ0) is 8.72. The second-order valence-electron chi connectivity index (χ2n) is 3.14. The van der Waals surface area contributed by atoms with Gasteiger partial charge in [0, 0.05) is 11.7 Å². The lowest BCUT2D eigenvalue weighted by molar-refractivity contribution is 0.626. The van der Waals surface area contributed by atoms with Crippen molar-refractivity contribution in [1.29, 1.82) is 0 Å². The maximum Gasteiger partial charge on any atom is 0.142 e. The Morgan fingerprint density at radius 2 is 2.33 bits per heavy atom. The van der Waals surface area contributed by atoms with Crippen LogP contribution in [0.5, 0.6) is 0 Å². The molecule has 0 aromatic heterocycles. The van der Waals surface area contributed by atoms with Gasteiger partial charge in [0.25, 0.3) is 0 Å². The van der Waals surface area contributed by atoms with E-state index in [0.717, 1.165) is 17.7 Å². The number of rotatable bonds is 0. The van der Waals surface area contributed by atoms with Gasteiger partial charge < -0.3 is 5.32 Å². The van der Waals surface area contributed by atoms with E-state index < -0.39 is 0 Å². The molecule has 1 N–H and O–H groups in total. The molecule has 1 aromatic carbocycles. The van der Waals surface area contributed by atoms with Crippen molar-refractivity contribution in [3.8, 4) is 0 Å². The Morgan fingerprint density at radius 3 is 3.08 bits per heavy atom. The van der Waals surface area contributed by atoms with Gasteiger partial charge in [-0.1, -0.05) is 11.6 Å². The molecule has 1 heterocycles. The lowest BCUT2D eigenvalue weighted by Crippen LogP contribution is -2.08. The molecule has 0 unspecified atom stereocenters. The molecule has 1 aliphatic heterocycles. The molecule has 2 rings (SSSR count). The fraction of sp³-hybridized carbons (Fsp3) is 0.333. The van der Waals surface area contributed by atoms with Crippen LogP contribution in [0.1, 0.15) is 12.5 Å². The Labute approximate surface area is 75.5 Å². The van der Waals surface area contributed by atoms with Gasteiger partial charge in [-0.2, -0.15) is 0 Å². The summed E-state index contributed by atoms with van der Waals surface area (Å²) in [5.41, 5.74) is 1.87. The lowest BCUT2D eigenvalue weighted by Gasteiger charge is -2.02. The summed E-state index contributed by atoms with van der Waals surface area (Å²) in [4.78, 5) is 0. The van der Waals surface area contributed by atoms with Crippen LogP contribution in [0.3, 0.4) is 0 Å². The number of hydrogen-bond acceptors (Lipinski definition) is 1. The maximum absolute atomic E-state index is 12.9. The second-order valence-corrected chi connectivity index (χ2v) is 3.51. The summed E-state index contributed by atoms with van der Waals surface area (Å²) >= 11 is 5.79. The maximum atomic E-state index is 12.9.